The first-order valence-electron chi connectivity index (χ1n) is 9.06. The fraction of sp³-hybridized carbons (Fsp3) is 0.632. The molecule has 0 radical (unpaired) electrons. The number of morpholine rings is 1. The van der Waals surface area contributed by atoms with Crippen LogP contribution in [0.3, 0.4) is 0 Å². The second kappa shape index (κ2) is 8.60. The van der Waals surface area contributed by atoms with Gasteiger partial charge in [-0.05, 0) is 18.4 Å². The molecule has 24 heavy (non-hydrogen) atoms. The zero-order valence-electron chi connectivity index (χ0n) is 14.6. The molecule has 1 unspecified atom stereocenters. The number of carbonyl (C=O) groups is 1. The van der Waals surface area contributed by atoms with E-state index in [2.05, 4.69) is 40.5 Å². The number of nitrogens with one attached hydrogen (secondary N) is 1. The van der Waals surface area contributed by atoms with E-state index in [0.717, 1.165) is 45.6 Å². The lowest BCUT2D eigenvalue weighted by Gasteiger charge is -2.37. The molecule has 1 aromatic rings. The predicted octanol–water partition coefficient (Wildman–Crippen LogP) is 1.49. The Morgan fingerprint density at radius 2 is 2.04 bits per heavy atom. The first-order chi connectivity index (χ1) is 11.7. The van der Waals surface area contributed by atoms with Crippen molar-refractivity contribution in [3.05, 3.63) is 35.9 Å². The molecule has 2 aliphatic rings. The third-order valence-corrected chi connectivity index (χ3v) is 5.15. The third-order valence-electron chi connectivity index (χ3n) is 5.15. The van der Waals surface area contributed by atoms with Crippen molar-refractivity contribution in [2.45, 2.75) is 38.0 Å². The number of hydrogen-bond acceptors (Lipinski definition) is 4. The molecule has 2 aliphatic heterocycles. The summed E-state index contributed by atoms with van der Waals surface area (Å²) in [5.74, 6) is 0.213. The van der Waals surface area contributed by atoms with Crippen molar-refractivity contribution in [2.24, 2.45) is 0 Å². The Morgan fingerprint density at radius 1 is 1.29 bits per heavy atom. The molecule has 5 heteroatoms. The van der Waals surface area contributed by atoms with E-state index in [9.17, 15) is 4.79 Å². The van der Waals surface area contributed by atoms with E-state index in [4.69, 9.17) is 4.74 Å². The molecular formula is C19H29N3O2. The maximum Gasteiger partial charge on any atom is 0.225 e. The molecule has 0 bridgehead atoms. The summed E-state index contributed by atoms with van der Waals surface area (Å²) in [5, 5.41) is 3.29. The Labute approximate surface area is 145 Å². The first-order valence-corrected chi connectivity index (χ1v) is 9.06. The van der Waals surface area contributed by atoms with Crippen LogP contribution in [-0.4, -0.2) is 67.7 Å². The summed E-state index contributed by atoms with van der Waals surface area (Å²) in [6.07, 6.45) is 2.64. The van der Waals surface area contributed by atoms with E-state index < -0.39 is 0 Å². The average Bonchev–Trinajstić information content (AvgIpc) is 2.63. The zero-order valence-corrected chi connectivity index (χ0v) is 14.6. The maximum atomic E-state index is 12.5. The van der Waals surface area contributed by atoms with Crippen LogP contribution >= 0.6 is 0 Å². The molecule has 2 saturated heterocycles. The Bertz CT molecular complexity index is 509. The molecule has 5 nitrogen and oxygen atoms in total. The van der Waals surface area contributed by atoms with Gasteiger partial charge in [0, 0.05) is 45.8 Å². The molecule has 1 amide bonds. The number of likely N-dealkylation sites (tertiary alicyclic amines) is 1. The lowest BCUT2D eigenvalue weighted by atomic mass is 10.0. The van der Waals surface area contributed by atoms with Crippen LogP contribution in [0.4, 0.5) is 0 Å². The van der Waals surface area contributed by atoms with Gasteiger partial charge in [0.05, 0.1) is 19.1 Å². The molecular weight excluding hydrogens is 302 g/mol. The number of ether oxygens (including phenoxy) is 1. The molecule has 0 aliphatic carbocycles. The highest BCUT2D eigenvalue weighted by Crippen LogP contribution is 2.19. The lowest BCUT2D eigenvalue weighted by molar-refractivity contribution is -0.136. The number of piperidine rings is 1. The summed E-state index contributed by atoms with van der Waals surface area (Å²) < 4.78 is 5.65. The predicted molar refractivity (Wildman–Crippen MR) is 94.7 cm³/mol. The summed E-state index contributed by atoms with van der Waals surface area (Å²) >= 11 is 0. The van der Waals surface area contributed by atoms with Crippen molar-refractivity contribution in [3.63, 3.8) is 0 Å². The Kier molecular flexibility index (Phi) is 6.24. The van der Waals surface area contributed by atoms with E-state index in [1.807, 2.05) is 11.9 Å². The zero-order chi connectivity index (χ0) is 16.8. The van der Waals surface area contributed by atoms with Crippen LogP contribution in [0.15, 0.2) is 30.3 Å². The van der Waals surface area contributed by atoms with Gasteiger partial charge in [-0.25, -0.2) is 0 Å². The van der Waals surface area contributed by atoms with Crippen molar-refractivity contribution in [1.82, 2.24) is 15.1 Å². The summed E-state index contributed by atoms with van der Waals surface area (Å²) in [6, 6.07) is 11.0. The van der Waals surface area contributed by atoms with Gasteiger partial charge in [0.2, 0.25) is 5.91 Å². The Hall–Kier alpha value is -1.43. The van der Waals surface area contributed by atoms with Crippen LogP contribution in [-0.2, 0) is 16.1 Å². The average molecular weight is 331 g/mol. The van der Waals surface area contributed by atoms with Gasteiger partial charge < -0.3 is 15.0 Å². The van der Waals surface area contributed by atoms with Gasteiger partial charge in [-0.3, -0.25) is 9.69 Å². The second-order valence-electron chi connectivity index (χ2n) is 6.90. The van der Waals surface area contributed by atoms with E-state index in [1.165, 1.54) is 5.56 Å². The SMILES string of the molecule is CN(C(=O)CC1CNCCO1)C1CCN(Cc2ccccc2)CC1. The molecule has 2 fully saturated rings. The fourth-order valence-electron chi connectivity index (χ4n) is 3.60. The highest BCUT2D eigenvalue weighted by atomic mass is 16.5. The van der Waals surface area contributed by atoms with Gasteiger partial charge in [-0.1, -0.05) is 30.3 Å². The molecule has 2 heterocycles. The first kappa shape index (κ1) is 17.4. The molecule has 1 aromatic carbocycles. The van der Waals surface area contributed by atoms with Gasteiger partial charge >= 0.3 is 0 Å². The minimum atomic E-state index is 0.0341. The van der Waals surface area contributed by atoms with Crippen LogP contribution in [0.2, 0.25) is 0 Å². The molecule has 0 spiro atoms. The van der Waals surface area contributed by atoms with Gasteiger partial charge in [0.25, 0.3) is 0 Å². The Morgan fingerprint density at radius 3 is 2.71 bits per heavy atom. The molecule has 1 atom stereocenters. The largest absolute Gasteiger partial charge is 0.375 e. The van der Waals surface area contributed by atoms with Crippen molar-refractivity contribution in [3.8, 4) is 0 Å². The number of hydrogen-bond donors (Lipinski definition) is 1. The molecule has 132 valence electrons. The Balaban J connectivity index is 1.42. The summed E-state index contributed by atoms with van der Waals surface area (Å²) in [7, 11) is 1.95. The van der Waals surface area contributed by atoms with Crippen molar-refractivity contribution >= 4 is 5.91 Å². The highest BCUT2D eigenvalue weighted by Gasteiger charge is 2.27. The summed E-state index contributed by atoms with van der Waals surface area (Å²) in [5.41, 5.74) is 1.36. The second-order valence-corrected chi connectivity index (χ2v) is 6.90. The van der Waals surface area contributed by atoms with Crippen LogP contribution in [0.5, 0.6) is 0 Å². The van der Waals surface area contributed by atoms with Crippen LogP contribution < -0.4 is 5.32 Å². The van der Waals surface area contributed by atoms with Crippen LogP contribution in [0.25, 0.3) is 0 Å². The van der Waals surface area contributed by atoms with Crippen molar-refractivity contribution < 1.29 is 9.53 Å². The standard InChI is InChI=1S/C19H29N3O2/c1-21(19(23)13-18-14-20-9-12-24-18)17-7-10-22(11-8-17)15-16-5-3-2-4-6-16/h2-6,17-18,20H,7-15H2,1H3. The third kappa shape index (κ3) is 4.79. The number of nitrogens with zero attached hydrogens (tertiary/aromatic N) is 2. The van der Waals surface area contributed by atoms with Gasteiger partial charge in [0.15, 0.2) is 0 Å². The quantitative estimate of drug-likeness (QED) is 0.888. The fourth-order valence-corrected chi connectivity index (χ4v) is 3.60. The molecule has 3 rings (SSSR count). The topological polar surface area (TPSA) is 44.8 Å². The van der Waals surface area contributed by atoms with E-state index in [-0.39, 0.29) is 12.0 Å². The minimum Gasteiger partial charge on any atom is -0.375 e. The highest BCUT2D eigenvalue weighted by molar-refractivity contribution is 5.76. The monoisotopic (exact) mass is 331 g/mol. The van der Waals surface area contributed by atoms with E-state index >= 15 is 0 Å². The maximum absolute atomic E-state index is 12.5. The normalized spacial score (nSPS) is 23.1. The minimum absolute atomic E-state index is 0.0341. The van der Waals surface area contributed by atoms with Crippen molar-refractivity contribution in [1.29, 1.82) is 0 Å². The van der Waals surface area contributed by atoms with E-state index in [1.54, 1.807) is 0 Å². The van der Waals surface area contributed by atoms with Crippen LogP contribution in [0, 0.1) is 0 Å². The van der Waals surface area contributed by atoms with Gasteiger partial charge in [0.1, 0.15) is 0 Å². The number of amides is 1. The van der Waals surface area contributed by atoms with Crippen LogP contribution in [0.1, 0.15) is 24.8 Å². The number of carbonyl (C=O) groups excluding carboxylic acids is 1. The summed E-state index contributed by atoms with van der Waals surface area (Å²) in [4.78, 5) is 16.9. The lowest BCUT2D eigenvalue weighted by Crippen LogP contribution is -2.47. The molecule has 0 saturated carbocycles. The van der Waals surface area contributed by atoms with Gasteiger partial charge in [-0.15, -0.1) is 0 Å². The molecule has 0 aromatic heterocycles. The van der Waals surface area contributed by atoms with E-state index in [0.29, 0.717) is 19.1 Å². The number of rotatable bonds is 5. The van der Waals surface area contributed by atoms with Gasteiger partial charge in [-0.2, -0.15) is 0 Å². The van der Waals surface area contributed by atoms with Crippen molar-refractivity contribution in [2.75, 3.05) is 39.8 Å². The smallest absolute Gasteiger partial charge is 0.225 e. The molecule has 1 N–H and O–H groups in total. The number of benzene rings is 1. The summed E-state index contributed by atoms with van der Waals surface area (Å²) in [6.45, 7) is 5.50.